The van der Waals surface area contributed by atoms with E-state index in [0.29, 0.717) is 6.42 Å². The van der Waals surface area contributed by atoms with Gasteiger partial charge in [-0.1, -0.05) is 24.3 Å². The van der Waals surface area contributed by atoms with E-state index in [9.17, 15) is 0 Å². The lowest BCUT2D eigenvalue weighted by Gasteiger charge is -2.16. The highest BCUT2D eigenvalue weighted by atomic mass is 16.5. The Kier molecular flexibility index (Phi) is 7.76. The summed E-state index contributed by atoms with van der Waals surface area (Å²) in [6, 6.07) is 10.7. The van der Waals surface area contributed by atoms with Crippen LogP contribution in [0, 0.1) is 0 Å². The second-order valence-corrected chi connectivity index (χ2v) is 10.9. The number of aryl methyl sites for hydroxylation is 4. The molecule has 10 nitrogen and oxygen atoms in total. The van der Waals surface area contributed by atoms with Gasteiger partial charge < -0.3 is 9.64 Å². The molecular weight excluding hydrogens is 514 g/mol. The number of aromatic nitrogens is 8. The highest BCUT2D eigenvalue weighted by Gasteiger charge is 2.27. The second kappa shape index (κ2) is 11.8. The molecule has 10 heteroatoms. The van der Waals surface area contributed by atoms with Gasteiger partial charge >= 0.3 is 0 Å². The number of fused-ring (bicyclic) bond motifs is 3. The molecule has 0 spiro atoms. The van der Waals surface area contributed by atoms with Gasteiger partial charge in [-0.3, -0.25) is 14.0 Å². The normalized spacial score (nSPS) is 12.6. The Morgan fingerprint density at radius 1 is 0.927 bits per heavy atom. The fourth-order valence-corrected chi connectivity index (χ4v) is 5.43. The van der Waals surface area contributed by atoms with E-state index in [1.807, 2.05) is 39.7 Å². The van der Waals surface area contributed by atoms with Gasteiger partial charge in [0.05, 0.1) is 41.9 Å². The van der Waals surface area contributed by atoms with Crippen LogP contribution in [-0.4, -0.2) is 78.6 Å². The molecule has 6 rings (SSSR count). The number of methoxy groups -OCH3 is 1. The summed E-state index contributed by atoms with van der Waals surface area (Å²) in [4.78, 5) is 12.0. The quantitative estimate of drug-likeness (QED) is 0.230. The molecule has 1 aliphatic rings. The van der Waals surface area contributed by atoms with Crippen LogP contribution >= 0.6 is 0 Å². The first kappa shape index (κ1) is 27.0. The first-order chi connectivity index (χ1) is 20.0. The van der Waals surface area contributed by atoms with Crippen LogP contribution in [0.5, 0.6) is 0 Å². The van der Waals surface area contributed by atoms with Crippen LogP contribution in [0.15, 0.2) is 55.1 Å². The maximum atomic E-state index is 5.16. The highest BCUT2D eigenvalue weighted by molar-refractivity contribution is 5.84. The Morgan fingerprint density at radius 3 is 2.56 bits per heavy atom. The zero-order valence-electron chi connectivity index (χ0n) is 24.3. The third-order valence-electron chi connectivity index (χ3n) is 7.57. The van der Waals surface area contributed by atoms with Crippen molar-refractivity contribution >= 4 is 0 Å². The Hall–Kier alpha value is -4.15. The van der Waals surface area contributed by atoms with Gasteiger partial charge in [-0.05, 0) is 50.6 Å². The van der Waals surface area contributed by atoms with Crippen LogP contribution in [0.4, 0.5) is 0 Å². The molecular formula is C31H37N9O. The van der Waals surface area contributed by atoms with Crippen molar-refractivity contribution in [3.05, 3.63) is 77.9 Å². The molecule has 0 unspecified atom stereocenters. The van der Waals surface area contributed by atoms with E-state index in [-0.39, 0.29) is 0 Å². The molecule has 1 aliphatic carbocycles. The molecule has 5 aromatic rings. The summed E-state index contributed by atoms with van der Waals surface area (Å²) in [7, 11) is 7.89. The molecule has 0 saturated heterocycles. The smallest absolute Gasteiger partial charge is 0.134 e. The average Bonchev–Trinajstić information content (AvgIpc) is 3.71. The molecule has 0 bridgehead atoms. The summed E-state index contributed by atoms with van der Waals surface area (Å²) in [5, 5.41) is 14.2. The van der Waals surface area contributed by atoms with Gasteiger partial charge in [0.1, 0.15) is 5.82 Å². The molecule has 0 saturated carbocycles. The lowest BCUT2D eigenvalue weighted by atomic mass is 9.91. The largest absolute Gasteiger partial charge is 0.385 e. The van der Waals surface area contributed by atoms with Crippen LogP contribution in [0.2, 0.25) is 0 Å². The van der Waals surface area contributed by atoms with Gasteiger partial charge in [0, 0.05) is 69.1 Å². The Labute approximate surface area is 240 Å². The second-order valence-electron chi connectivity index (χ2n) is 10.9. The topological polar surface area (TPSA) is 91.7 Å². The van der Waals surface area contributed by atoms with E-state index < -0.39 is 0 Å². The fourth-order valence-electron chi connectivity index (χ4n) is 5.43. The lowest BCUT2D eigenvalue weighted by Crippen LogP contribution is -2.18. The van der Waals surface area contributed by atoms with Crippen LogP contribution in [0.25, 0.3) is 33.6 Å². The predicted octanol–water partition coefficient (Wildman–Crippen LogP) is 3.89. The third-order valence-corrected chi connectivity index (χ3v) is 7.57. The Bertz CT molecular complexity index is 1630. The van der Waals surface area contributed by atoms with E-state index in [0.717, 1.165) is 96.4 Å². The summed E-state index contributed by atoms with van der Waals surface area (Å²) in [6.45, 7) is 3.38. The highest BCUT2D eigenvalue weighted by Crippen LogP contribution is 2.39. The molecule has 0 amide bonds. The minimum absolute atomic E-state index is 0.598. The number of benzene rings is 1. The minimum Gasteiger partial charge on any atom is -0.385 e. The zero-order chi connectivity index (χ0) is 28.3. The lowest BCUT2D eigenvalue weighted by molar-refractivity contribution is 0.189. The number of likely N-dealkylation sites (N-methyl/N-ethyl adjacent to an activating group) is 1. The summed E-state index contributed by atoms with van der Waals surface area (Å²) in [6.07, 6.45) is 11.4. The molecule has 41 heavy (non-hydrogen) atoms. The minimum atomic E-state index is 0.598. The number of hydrogen-bond acceptors (Lipinski definition) is 7. The van der Waals surface area contributed by atoms with Crippen molar-refractivity contribution in [2.75, 3.05) is 34.4 Å². The van der Waals surface area contributed by atoms with E-state index in [2.05, 4.69) is 60.6 Å². The van der Waals surface area contributed by atoms with Crippen molar-refractivity contribution in [2.45, 2.75) is 38.8 Å². The van der Waals surface area contributed by atoms with Gasteiger partial charge in [0.25, 0.3) is 0 Å². The maximum Gasteiger partial charge on any atom is 0.134 e. The number of hydrogen-bond donors (Lipinski definition) is 0. The first-order valence-electron chi connectivity index (χ1n) is 14.2. The number of nitrogens with zero attached hydrogens (tertiary/aromatic N) is 9. The van der Waals surface area contributed by atoms with Gasteiger partial charge in [0.15, 0.2) is 0 Å². The summed E-state index contributed by atoms with van der Waals surface area (Å²) in [5.41, 5.74) is 9.79. The van der Waals surface area contributed by atoms with Crippen molar-refractivity contribution in [2.24, 2.45) is 7.05 Å². The van der Waals surface area contributed by atoms with Crippen molar-refractivity contribution in [1.82, 2.24) is 44.2 Å². The molecule has 212 valence electrons. The fraction of sp³-hybridized carbons (Fsp3) is 0.387. The molecule has 4 aromatic heterocycles. The van der Waals surface area contributed by atoms with E-state index in [1.54, 1.807) is 7.11 Å². The third kappa shape index (κ3) is 5.84. The summed E-state index contributed by atoms with van der Waals surface area (Å²) >= 11 is 0. The molecule has 4 heterocycles. The van der Waals surface area contributed by atoms with Gasteiger partial charge in [0.2, 0.25) is 0 Å². The summed E-state index contributed by atoms with van der Waals surface area (Å²) in [5.74, 6) is 0.780. The first-order valence-corrected chi connectivity index (χ1v) is 14.2. The molecule has 1 aromatic carbocycles. The SMILES string of the molecule is COCCCn1cc(-c2ccc(-c3c4c(nn3C)CCc3cnc(Cc5ccn(CCN(C)C)n5)nc3-4)cc2)cn1. The van der Waals surface area contributed by atoms with Crippen molar-refractivity contribution in [1.29, 1.82) is 0 Å². The van der Waals surface area contributed by atoms with E-state index in [4.69, 9.17) is 24.9 Å². The van der Waals surface area contributed by atoms with Crippen molar-refractivity contribution in [3.8, 4) is 33.6 Å². The Morgan fingerprint density at radius 2 is 1.76 bits per heavy atom. The average molecular weight is 552 g/mol. The van der Waals surface area contributed by atoms with Crippen LogP contribution in [-0.2, 0) is 44.1 Å². The molecule has 0 radical (unpaired) electrons. The number of rotatable bonds is 11. The van der Waals surface area contributed by atoms with E-state index in [1.165, 1.54) is 5.56 Å². The molecule has 0 N–H and O–H groups in total. The van der Waals surface area contributed by atoms with Crippen molar-refractivity contribution in [3.63, 3.8) is 0 Å². The van der Waals surface area contributed by atoms with Gasteiger partial charge in [-0.2, -0.15) is 15.3 Å². The van der Waals surface area contributed by atoms with Gasteiger partial charge in [-0.15, -0.1) is 0 Å². The zero-order valence-corrected chi connectivity index (χ0v) is 24.3. The molecule has 0 fully saturated rings. The standard InChI is InChI=1S/C31H37N9O/c1-37(2)15-16-39-14-12-26(35-39)18-28-32-19-24-10-11-27-29(30(24)34-28)31(38(3)36-27)23-8-6-22(7-9-23)25-20-33-40(21-25)13-5-17-41-4/h6-9,12,14,19-21H,5,10-11,13,15-18H2,1-4H3. The summed E-state index contributed by atoms with van der Waals surface area (Å²) < 4.78 is 11.1. The monoisotopic (exact) mass is 551 g/mol. The maximum absolute atomic E-state index is 5.16. The van der Waals surface area contributed by atoms with E-state index >= 15 is 0 Å². The molecule has 0 atom stereocenters. The van der Waals surface area contributed by atoms with Crippen molar-refractivity contribution < 1.29 is 4.74 Å². The van der Waals surface area contributed by atoms with Gasteiger partial charge in [-0.25, -0.2) is 9.97 Å². The Balaban J connectivity index is 1.26. The predicted molar refractivity (Wildman–Crippen MR) is 158 cm³/mol. The number of ether oxygens (including phenoxy) is 1. The van der Waals surface area contributed by atoms with Crippen LogP contribution < -0.4 is 0 Å². The molecule has 0 aliphatic heterocycles. The van der Waals surface area contributed by atoms with Crippen LogP contribution in [0.1, 0.15) is 29.2 Å². The van der Waals surface area contributed by atoms with Crippen LogP contribution in [0.3, 0.4) is 0 Å².